The standard InChI is InChI=1S/C18H22ClN3O3/c1-2-25-18(24)10-15-5-3-4-8-21(15)12-14-9-17(23)22-11-13(19)6-7-16(22)20-14/h6-7,9,11,15H,2-5,8,10,12H2,1H3. The monoisotopic (exact) mass is 363 g/mol. The van der Waals surface area contributed by atoms with E-state index in [1.165, 1.54) is 4.40 Å². The summed E-state index contributed by atoms with van der Waals surface area (Å²) in [4.78, 5) is 30.9. The number of piperidine rings is 1. The van der Waals surface area contributed by atoms with Crippen molar-refractivity contribution in [3.8, 4) is 0 Å². The van der Waals surface area contributed by atoms with E-state index in [0.29, 0.717) is 35.9 Å². The van der Waals surface area contributed by atoms with Gasteiger partial charge in [0.05, 0.1) is 23.7 Å². The summed E-state index contributed by atoms with van der Waals surface area (Å²) >= 11 is 5.94. The minimum absolute atomic E-state index is 0.137. The molecule has 0 bridgehead atoms. The number of carbonyl (C=O) groups excluding carboxylic acids is 1. The van der Waals surface area contributed by atoms with E-state index < -0.39 is 0 Å². The van der Waals surface area contributed by atoms with Crippen LogP contribution in [-0.4, -0.2) is 39.4 Å². The fourth-order valence-electron chi connectivity index (χ4n) is 3.33. The van der Waals surface area contributed by atoms with Crippen LogP contribution < -0.4 is 5.56 Å². The van der Waals surface area contributed by atoms with Gasteiger partial charge in [0.25, 0.3) is 5.56 Å². The number of hydrogen-bond acceptors (Lipinski definition) is 5. The SMILES string of the molecule is CCOC(=O)CC1CCCCN1Cc1cc(=O)n2cc(Cl)ccc2n1. The van der Waals surface area contributed by atoms with E-state index in [9.17, 15) is 9.59 Å². The highest BCUT2D eigenvalue weighted by atomic mass is 35.5. The molecule has 2 aromatic rings. The summed E-state index contributed by atoms with van der Waals surface area (Å²) in [6, 6.07) is 5.13. The molecule has 3 rings (SSSR count). The van der Waals surface area contributed by atoms with E-state index in [1.54, 1.807) is 24.4 Å². The fourth-order valence-corrected chi connectivity index (χ4v) is 3.49. The van der Waals surface area contributed by atoms with Gasteiger partial charge in [0.15, 0.2) is 0 Å². The summed E-state index contributed by atoms with van der Waals surface area (Å²) in [7, 11) is 0. The van der Waals surface area contributed by atoms with Crippen LogP contribution in [0.25, 0.3) is 5.65 Å². The normalized spacial score (nSPS) is 18.4. The van der Waals surface area contributed by atoms with Gasteiger partial charge in [0.2, 0.25) is 0 Å². The average molecular weight is 364 g/mol. The Morgan fingerprint density at radius 2 is 2.24 bits per heavy atom. The zero-order valence-corrected chi connectivity index (χ0v) is 15.0. The van der Waals surface area contributed by atoms with Crippen molar-refractivity contribution in [1.82, 2.24) is 14.3 Å². The molecule has 0 saturated carbocycles. The number of fused-ring (bicyclic) bond motifs is 1. The lowest BCUT2D eigenvalue weighted by molar-refractivity contribution is -0.145. The predicted octanol–water partition coefficient (Wildman–Crippen LogP) is 2.66. The highest BCUT2D eigenvalue weighted by Gasteiger charge is 2.25. The Morgan fingerprint density at radius 1 is 1.40 bits per heavy atom. The van der Waals surface area contributed by atoms with Crippen molar-refractivity contribution in [3.05, 3.63) is 45.5 Å². The molecular weight excluding hydrogens is 342 g/mol. The maximum atomic E-state index is 12.3. The number of pyridine rings is 1. The molecule has 1 aliphatic heterocycles. The van der Waals surface area contributed by atoms with Crippen LogP contribution in [0, 0.1) is 0 Å². The van der Waals surface area contributed by atoms with Gasteiger partial charge >= 0.3 is 5.97 Å². The van der Waals surface area contributed by atoms with Gasteiger partial charge in [0.1, 0.15) is 5.65 Å². The third-order valence-corrected chi connectivity index (χ3v) is 4.72. The lowest BCUT2D eigenvalue weighted by Gasteiger charge is -2.34. The molecule has 0 amide bonds. The Bertz CT molecular complexity index is 821. The van der Waals surface area contributed by atoms with Gasteiger partial charge in [-0.1, -0.05) is 18.0 Å². The Kier molecular flexibility index (Phi) is 5.71. The van der Waals surface area contributed by atoms with Crippen LogP contribution in [0.5, 0.6) is 0 Å². The minimum Gasteiger partial charge on any atom is -0.466 e. The lowest BCUT2D eigenvalue weighted by Crippen LogP contribution is -2.41. The van der Waals surface area contributed by atoms with E-state index in [0.717, 1.165) is 25.8 Å². The first-order valence-electron chi connectivity index (χ1n) is 8.64. The van der Waals surface area contributed by atoms with Crippen molar-refractivity contribution in [2.24, 2.45) is 0 Å². The Balaban J connectivity index is 1.79. The molecule has 1 unspecified atom stereocenters. The second-order valence-corrected chi connectivity index (χ2v) is 6.73. The fraction of sp³-hybridized carbons (Fsp3) is 0.500. The van der Waals surface area contributed by atoms with Crippen LogP contribution in [0.2, 0.25) is 5.02 Å². The van der Waals surface area contributed by atoms with Gasteiger partial charge in [0, 0.05) is 24.8 Å². The summed E-state index contributed by atoms with van der Waals surface area (Å²) in [6.45, 7) is 3.66. The van der Waals surface area contributed by atoms with Crippen molar-refractivity contribution in [3.63, 3.8) is 0 Å². The number of halogens is 1. The number of carbonyl (C=O) groups is 1. The Hall–Kier alpha value is -1.92. The number of aromatic nitrogens is 2. The van der Waals surface area contributed by atoms with Gasteiger partial charge < -0.3 is 4.74 Å². The maximum absolute atomic E-state index is 12.3. The molecule has 7 heteroatoms. The summed E-state index contributed by atoms with van der Waals surface area (Å²) in [5, 5.41) is 0.495. The number of nitrogens with zero attached hydrogens (tertiary/aromatic N) is 3. The number of hydrogen-bond donors (Lipinski definition) is 0. The summed E-state index contributed by atoms with van der Waals surface area (Å²) < 4.78 is 6.53. The Labute approximate surface area is 151 Å². The molecule has 1 fully saturated rings. The van der Waals surface area contributed by atoms with Gasteiger partial charge in [-0.25, -0.2) is 4.98 Å². The molecule has 1 atom stereocenters. The number of esters is 1. The third kappa shape index (κ3) is 4.38. The molecule has 0 radical (unpaired) electrons. The largest absolute Gasteiger partial charge is 0.466 e. The molecule has 3 heterocycles. The average Bonchev–Trinajstić information content (AvgIpc) is 2.58. The Morgan fingerprint density at radius 3 is 3.04 bits per heavy atom. The van der Waals surface area contributed by atoms with Crippen LogP contribution in [0.4, 0.5) is 0 Å². The van der Waals surface area contributed by atoms with Crippen LogP contribution in [0.1, 0.15) is 38.3 Å². The summed E-state index contributed by atoms with van der Waals surface area (Å²) in [5.74, 6) is -0.166. The molecule has 134 valence electrons. The molecule has 0 N–H and O–H groups in total. The van der Waals surface area contributed by atoms with Crippen LogP contribution in [0.15, 0.2) is 29.2 Å². The lowest BCUT2D eigenvalue weighted by atomic mass is 9.99. The second-order valence-electron chi connectivity index (χ2n) is 6.29. The molecule has 6 nitrogen and oxygen atoms in total. The second kappa shape index (κ2) is 7.97. The van der Waals surface area contributed by atoms with E-state index in [4.69, 9.17) is 16.3 Å². The van der Waals surface area contributed by atoms with Gasteiger partial charge in [-0.15, -0.1) is 0 Å². The van der Waals surface area contributed by atoms with E-state index >= 15 is 0 Å². The van der Waals surface area contributed by atoms with Crippen molar-refractivity contribution in [2.45, 2.75) is 45.2 Å². The van der Waals surface area contributed by atoms with Crippen molar-refractivity contribution in [2.75, 3.05) is 13.2 Å². The number of ether oxygens (including phenoxy) is 1. The van der Waals surface area contributed by atoms with E-state index in [2.05, 4.69) is 9.88 Å². The molecule has 0 aromatic carbocycles. The smallest absolute Gasteiger partial charge is 0.307 e. The zero-order valence-electron chi connectivity index (χ0n) is 14.3. The predicted molar refractivity (Wildman–Crippen MR) is 95.8 cm³/mol. The van der Waals surface area contributed by atoms with Crippen molar-refractivity contribution < 1.29 is 9.53 Å². The highest BCUT2D eigenvalue weighted by molar-refractivity contribution is 6.30. The van der Waals surface area contributed by atoms with Crippen LogP contribution in [0.3, 0.4) is 0 Å². The maximum Gasteiger partial charge on any atom is 0.307 e. The topological polar surface area (TPSA) is 63.9 Å². The summed E-state index contributed by atoms with van der Waals surface area (Å²) in [5.41, 5.74) is 1.13. The highest BCUT2D eigenvalue weighted by Crippen LogP contribution is 2.22. The first-order valence-corrected chi connectivity index (χ1v) is 9.02. The molecule has 2 aromatic heterocycles. The molecule has 1 aliphatic rings. The van der Waals surface area contributed by atoms with Crippen molar-refractivity contribution in [1.29, 1.82) is 0 Å². The number of likely N-dealkylation sites (tertiary alicyclic amines) is 1. The minimum atomic E-state index is -0.166. The van der Waals surface area contributed by atoms with Crippen molar-refractivity contribution >= 4 is 23.2 Å². The van der Waals surface area contributed by atoms with E-state index in [1.807, 2.05) is 6.92 Å². The quantitative estimate of drug-likeness (QED) is 0.764. The van der Waals surface area contributed by atoms with Gasteiger partial charge in [-0.3, -0.25) is 18.9 Å². The first-order chi connectivity index (χ1) is 12.1. The molecule has 25 heavy (non-hydrogen) atoms. The third-order valence-electron chi connectivity index (χ3n) is 4.50. The zero-order chi connectivity index (χ0) is 17.8. The van der Waals surface area contributed by atoms with Crippen LogP contribution >= 0.6 is 11.6 Å². The number of rotatable bonds is 5. The van der Waals surface area contributed by atoms with Crippen LogP contribution in [-0.2, 0) is 16.1 Å². The molecule has 0 aliphatic carbocycles. The molecular formula is C18H22ClN3O3. The van der Waals surface area contributed by atoms with E-state index in [-0.39, 0.29) is 17.6 Å². The summed E-state index contributed by atoms with van der Waals surface area (Å²) in [6.07, 6.45) is 5.10. The van der Waals surface area contributed by atoms with Gasteiger partial charge in [-0.2, -0.15) is 0 Å². The van der Waals surface area contributed by atoms with Gasteiger partial charge in [-0.05, 0) is 38.4 Å². The first kappa shape index (κ1) is 17.9. The molecule has 1 saturated heterocycles. The molecule has 0 spiro atoms.